The number of hydrogen-bond donors (Lipinski definition) is 0. The average molecular weight is 427 g/mol. The number of aryl methyl sites for hydroxylation is 1. The summed E-state index contributed by atoms with van der Waals surface area (Å²) in [5, 5.41) is 0.206. The number of rotatable bonds is 5. The van der Waals surface area contributed by atoms with Crippen molar-refractivity contribution in [3.63, 3.8) is 0 Å². The molecule has 3 aromatic rings. The van der Waals surface area contributed by atoms with Crippen LogP contribution in [0.2, 0.25) is 5.02 Å². The smallest absolute Gasteiger partial charge is 0.339 e. The topological polar surface area (TPSA) is 52.6 Å². The molecular weight excluding hydrogens is 407 g/mol. The van der Waals surface area contributed by atoms with Gasteiger partial charge in [-0.05, 0) is 41.3 Å². The number of halogens is 2. The van der Waals surface area contributed by atoms with E-state index in [1.54, 1.807) is 6.07 Å². The van der Waals surface area contributed by atoms with Gasteiger partial charge in [-0.15, -0.1) is 0 Å². The molecule has 0 amide bonds. The normalized spacial score (nSPS) is 10.6. The number of methoxy groups -OCH3 is 2. The average Bonchev–Trinajstić information content (AvgIpc) is 2.77. The molecule has 3 aromatic carbocycles. The van der Waals surface area contributed by atoms with Gasteiger partial charge in [-0.1, -0.05) is 54.9 Å². The van der Waals surface area contributed by atoms with Crippen molar-refractivity contribution in [1.82, 2.24) is 0 Å². The summed E-state index contributed by atoms with van der Waals surface area (Å²) < 4.78 is 23.8. The predicted molar refractivity (Wildman–Crippen MR) is 114 cm³/mol. The van der Waals surface area contributed by atoms with Gasteiger partial charge in [0.25, 0.3) is 0 Å². The molecule has 0 heterocycles. The maximum absolute atomic E-state index is 14.0. The van der Waals surface area contributed by atoms with Gasteiger partial charge in [0.15, 0.2) is 0 Å². The number of ether oxygens (including phenoxy) is 2. The minimum atomic E-state index is -0.774. The van der Waals surface area contributed by atoms with Gasteiger partial charge >= 0.3 is 11.9 Å². The first-order valence-electron chi connectivity index (χ1n) is 9.29. The van der Waals surface area contributed by atoms with Crippen LogP contribution in [0.3, 0.4) is 0 Å². The number of carbonyl (C=O) groups is 2. The molecule has 154 valence electrons. The molecule has 6 heteroatoms. The zero-order valence-electron chi connectivity index (χ0n) is 16.8. The van der Waals surface area contributed by atoms with E-state index in [1.165, 1.54) is 38.5 Å². The molecular formula is C24H20ClFO4. The van der Waals surface area contributed by atoms with Crippen LogP contribution >= 0.6 is 11.6 Å². The van der Waals surface area contributed by atoms with Crippen molar-refractivity contribution in [2.75, 3.05) is 14.2 Å². The van der Waals surface area contributed by atoms with E-state index in [-0.39, 0.29) is 21.7 Å². The maximum atomic E-state index is 14.0. The SMILES string of the molecule is CCc1ccc(-c2cc(C(=O)OC)c(C(=O)OC)c(-c3cccc(F)c3)c2Cl)cc1. The fraction of sp³-hybridized carbons (Fsp3) is 0.167. The molecule has 0 saturated heterocycles. The fourth-order valence-electron chi connectivity index (χ4n) is 3.29. The summed E-state index contributed by atoms with van der Waals surface area (Å²) >= 11 is 6.75. The molecule has 0 fully saturated rings. The van der Waals surface area contributed by atoms with Crippen LogP contribution in [-0.2, 0) is 15.9 Å². The Morgan fingerprint density at radius 1 is 0.933 bits per heavy atom. The first kappa shape index (κ1) is 21.5. The highest BCUT2D eigenvalue weighted by Gasteiger charge is 2.28. The molecule has 0 aliphatic heterocycles. The summed E-state index contributed by atoms with van der Waals surface area (Å²) in [6, 6.07) is 14.8. The van der Waals surface area contributed by atoms with Crippen LogP contribution in [0.4, 0.5) is 4.39 Å². The molecule has 4 nitrogen and oxygen atoms in total. The monoisotopic (exact) mass is 426 g/mol. The Morgan fingerprint density at radius 3 is 2.17 bits per heavy atom. The summed E-state index contributed by atoms with van der Waals surface area (Å²) in [5.41, 5.74) is 2.87. The van der Waals surface area contributed by atoms with Crippen LogP contribution in [0.25, 0.3) is 22.3 Å². The van der Waals surface area contributed by atoms with Crippen molar-refractivity contribution in [3.05, 3.63) is 82.1 Å². The summed E-state index contributed by atoms with van der Waals surface area (Å²) in [6.45, 7) is 2.05. The van der Waals surface area contributed by atoms with Crippen molar-refractivity contribution in [3.8, 4) is 22.3 Å². The van der Waals surface area contributed by atoms with E-state index in [0.29, 0.717) is 11.1 Å². The molecule has 0 spiro atoms. The first-order valence-corrected chi connectivity index (χ1v) is 9.67. The first-order chi connectivity index (χ1) is 14.4. The fourth-order valence-corrected chi connectivity index (χ4v) is 3.66. The Labute approximate surface area is 179 Å². The second-order valence-electron chi connectivity index (χ2n) is 6.58. The second kappa shape index (κ2) is 9.09. The van der Waals surface area contributed by atoms with Gasteiger partial charge in [-0.2, -0.15) is 0 Å². The van der Waals surface area contributed by atoms with E-state index in [9.17, 15) is 14.0 Å². The van der Waals surface area contributed by atoms with Crippen LogP contribution in [0.5, 0.6) is 0 Å². The van der Waals surface area contributed by atoms with Crippen LogP contribution in [0.15, 0.2) is 54.6 Å². The summed E-state index contributed by atoms with van der Waals surface area (Å²) in [5.74, 6) is -2.00. The van der Waals surface area contributed by atoms with E-state index < -0.39 is 17.8 Å². The third-order valence-corrected chi connectivity index (χ3v) is 5.24. The van der Waals surface area contributed by atoms with E-state index in [1.807, 2.05) is 31.2 Å². The van der Waals surface area contributed by atoms with Crippen molar-refractivity contribution in [1.29, 1.82) is 0 Å². The van der Waals surface area contributed by atoms with Gasteiger partial charge in [0, 0.05) is 11.1 Å². The highest BCUT2D eigenvalue weighted by molar-refractivity contribution is 6.37. The van der Waals surface area contributed by atoms with E-state index in [4.69, 9.17) is 21.1 Å². The molecule has 0 bridgehead atoms. The molecule has 0 aliphatic rings. The molecule has 0 aliphatic carbocycles. The van der Waals surface area contributed by atoms with Gasteiger partial charge in [-0.25, -0.2) is 14.0 Å². The summed E-state index contributed by atoms with van der Waals surface area (Å²) in [7, 11) is 2.42. The Bertz CT molecular complexity index is 1110. The Morgan fingerprint density at radius 2 is 1.60 bits per heavy atom. The second-order valence-corrected chi connectivity index (χ2v) is 6.96. The number of benzene rings is 3. The molecule has 0 atom stereocenters. The third kappa shape index (κ3) is 4.07. The van der Waals surface area contributed by atoms with Crippen molar-refractivity contribution in [2.24, 2.45) is 0 Å². The van der Waals surface area contributed by atoms with Gasteiger partial charge in [0.1, 0.15) is 5.82 Å². The molecule has 3 rings (SSSR count). The van der Waals surface area contributed by atoms with Gasteiger partial charge in [-0.3, -0.25) is 0 Å². The number of hydrogen-bond acceptors (Lipinski definition) is 4. The largest absolute Gasteiger partial charge is 0.465 e. The lowest BCUT2D eigenvalue weighted by Gasteiger charge is -2.18. The van der Waals surface area contributed by atoms with E-state index >= 15 is 0 Å². The molecule has 0 N–H and O–H groups in total. The van der Waals surface area contributed by atoms with Crippen molar-refractivity contribution in [2.45, 2.75) is 13.3 Å². The highest BCUT2D eigenvalue weighted by atomic mass is 35.5. The number of carbonyl (C=O) groups excluding carboxylic acids is 2. The van der Waals surface area contributed by atoms with Crippen molar-refractivity contribution < 1.29 is 23.5 Å². The van der Waals surface area contributed by atoms with Gasteiger partial charge in [0.2, 0.25) is 0 Å². The zero-order valence-corrected chi connectivity index (χ0v) is 17.5. The Kier molecular flexibility index (Phi) is 6.53. The van der Waals surface area contributed by atoms with E-state index in [0.717, 1.165) is 17.5 Å². The molecule has 0 saturated carbocycles. The van der Waals surface area contributed by atoms with Crippen LogP contribution in [0.1, 0.15) is 33.2 Å². The lowest BCUT2D eigenvalue weighted by molar-refractivity contribution is 0.0556. The van der Waals surface area contributed by atoms with Crippen LogP contribution in [0, 0.1) is 5.82 Å². The highest BCUT2D eigenvalue weighted by Crippen LogP contribution is 2.41. The summed E-state index contributed by atoms with van der Waals surface area (Å²) in [6.07, 6.45) is 0.872. The van der Waals surface area contributed by atoms with Gasteiger partial charge < -0.3 is 9.47 Å². The Balaban J connectivity index is 2.41. The van der Waals surface area contributed by atoms with Crippen LogP contribution in [-0.4, -0.2) is 26.2 Å². The quantitative estimate of drug-likeness (QED) is 0.473. The maximum Gasteiger partial charge on any atom is 0.339 e. The molecule has 0 unspecified atom stereocenters. The minimum Gasteiger partial charge on any atom is -0.465 e. The summed E-state index contributed by atoms with van der Waals surface area (Å²) in [4.78, 5) is 25.2. The third-order valence-electron chi connectivity index (χ3n) is 4.85. The van der Waals surface area contributed by atoms with E-state index in [2.05, 4.69) is 0 Å². The van der Waals surface area contributed by atoms with Crippen LogP contribution < -0.4 is 0 Å². The molecule has 30 heavy (non-hydrogen) atoms. The predicted octanol–water partition coefficient (Wildman–Crippen LogP) is 5.95. The van der Waals surface area contributed by atoms with Crippen molar-refractivity contribution >= 4 is 23.5 Å². The number of esters is 2. The molecule has 0 aromatic heterocycles. The Hall–Kier alpha value is -3.18. The minimum absolute atomic E-state index is 0.0115. The van der Waals surface area contributed by atoms with Gasteiger partial charge in [0.05, 0.1) is 30.4 Å². The molecule has 0 radical (unpaired) electrons. The lowest BCUT2D eigenvalue weighted by Crippen LogP contribution is -2.14. The lowest BCUT2D eigenvalue weighted by atomic mass is 9.90. The zero-order chi connectivity index (χ0) is 21.8. The standard InChI is InChI=1S/C24H20ClFO4/c1-4-14-8-10-15(11-9-14)18-13-19(23(27)29-2)21(24(28)30-3)20(22(18)25)16-6-5-7-17(26)12-16/h5-13H,4H2,1-3H3.